The Morgan fingerprint density at radius 2 is 1.64 bits per heavy atom. The highest BCUT2D eigenvalue weighted by molar-refractivity contribution is 9.10. The average Bonchev–Trinajstić information content (AvgIpc) is 3.09. The van der Waals surface area contributed by atoms with Crippen molar-refractivity contribution < 1.29 is 13.2 Å². The number of carbonyl (C=O) groups is 1. The second-order valence-corrected chi connectivity index (χ2v) is 12.1. The zero-order valence-electron chi connectivity index (χ0n) is 18.3. The van der Waals surface area contributed by atoms with Crippen LogP contribution in [0.2, 0.25) is 0 Å². The predicted octanol–water partition coefficient (Wildman–Crippen LogP) is 5.69. The number of halogens is 2. The molecule has 1 atom stereocenters. The topological polar surface area (TPSA) is 57.7 Å². The number of fused-ring (bicyclic) bond motifs is 1. The summed E-state index contributed by atoms with van der Waals surface area (Å²) in [5.74, 6) is -0.239. The highest BCUT2D eigenvalue weighted by atomic mass is 79.9. The number of nitrogens with zero attached hydrogens (tertiary/aromatic N) is 2. The molecule has 0 unspecified atom stereocenters. The summed E-state index contributed by atoms with van der Waals surface area (Å²) in [6.45, 7) is 3.75. The molecule has 0 aromatic heterocycles. The van der Waals surface area contributed by atoms with E-state index >= 15 is 0 Å². The Morgan fingerprint density at radius 1 is 1.00 bits per heavy atom. The summed E-state index contributed by atoms with van der Waals surface area (Å²) in [5, 5.41) is 0. The predicted molar refractivity (Wildman–Crippen MR) is 138 cm³/mol. The van der Waals surface area contributed by atoms with E-state index in [1.54, 1.807) is 29.2 Å². The zero-order chi connectivity index (χ0) is 23.8. The first-order valence-electron chi connectivity index (χ1n) is 10.6. The van der Waals surface area contributed by atoms with Gasteiger partial charge in [-0.2, -0.15) is 4.31 Å². The fraction of sp³-hybridized carbons (Fsp3) is 0.240. The Morgan fingerprint density at radius 3 is 2.30 bits per heavy atom. The van der Waals surface area contributed by atoms with E-state index in [0.717, 1.165) is 37.7 Å². The quantitative estimate of drug-likeness (QED) is 0.370. The first kappa shape index (κ1) is 24.1. The van der Waals surface area contributed by atoms with Gasteiger partial charge >= 0.3 is 0 Å². The van der Waals surface area contributed by atoms with E-state index in [4.69, 9.17) is 0 Å². The van der Waals surface area contributed by atoms with E-state index in [-0.39, 0.29) is 29.9 Å². The van der Waals surface area contributed by atoms with Gasteiger partial charge in [-0.1, -0.05) is 61.7 Å². The van der Waals surface area contributed by atoms with Crippen LogP contribution >= 0.6 is 31.9 Å². The fourth-order valence-corrected chi connectivity index (χ4v) is 6.14. The van der Waals surface area contributed by atoms with E-state index in [1.165, 1.54) is 4.31 Å². The van der Waals surface area contributed by atoms with Gasteiger partial charge in [-0.05, 0) is 73.9 Å². The zero-order valence-corrected chi connectivity index (χ0v) is 22.3. The Kier molecular flexibility index (Phi) is 7.09. The summed E-state index contributed by atoms with van der Waals surface area (Å²) >= 11 is 6.90. The summed E-state index contributed by atoms with van der Waals surface area (Å²) in [6.07, 6.45) is 0.734. The van der Waals surface area contributed by atoms with Crippen molar-refractivity contribution in [2.24, 2.45) is 0 Å². The van der Waals surface area contributed by atoms with Crippen LogP contribution in [0.5, 0.6) is 0 Å². The van der Waals surface area contributed by atoms with Crippen LogP contribution in [-0.4, -0.2) is 31.2 Å². The van der Waals surface area contributed by atoms with Crippen molar-refractivity contribution in [2.45, 2.75) is 37.8 Å². The molecule has 0 N–H and O–H groups in total. The Balaban J connectivity index is 1.67. The molecule has 33 heavy (non-hydrogen) atoms. The molecule has 5 nitrogen and oxygen atoms in total. The molecular weight excluding hydrogens is 568 g/mol. The molecule has 1 aliphatic heterocycles. The van der Waals surface area contributed by atoms with Crippen LogP contribution in [0.4, 0.5) is 5.69 Å². The van der Waals surface area contributed by atoms with E-state index in [0.29, 0.717) is 0 Å². The van der Waals surface area contributed by atoms with Gasteiger partial charge in [-0.15, -0.1) is 0 Å². The fourth-order valence-electron chi connectivity index (χ4n) is 4.09. The van der Waals surface area contributed by atoms with Crippen LogP contribution in [0.25, 0.3) is 0 Å². The normalized spacial score (nSPS) is 15.7. The van der Waals surface area contributed by atoms with Gasteiger partial charge < -0.3 is 4.90 Å². The Hall–Kier alpha value is -2.00. The van der Waals surface area contributed by atoms with Gasteiger partial charge in [0.15, 0.2) is 0 Å². The number of hydrogen-bond acceptors (Lipinski definition) is 3. The van der Waals surface area contributed by atoms with E-state index < -0.39 is 10.0 Å². The third-order valence-electron chi connectivity index (χ3n) is 5.77. The lowest BCUT2D eigenvalue weighted by atomic mass is 10.1. The molecule has 0 aliphatic carbocycles. The maximum absolute atomic E-state index is 13.6. The smallest absolute Gasteiger partial charge is 0.243 e. The standard InChI is InChI=1S/C25H24Br2N2O3S/c1-17-3-10-23(11-4-17)33(31,32)28(15-19-5-7-21(26)8-6-19)16-25(30)29-18(2)13-20-14-22(27)9-12-24(20)29/h3-12,14,18H,13,15-16H2,1-2H3/t18-/m0/s1. The molecule has 0 spiro atoms. The number of anilines is 1. The number of aryl methyl sites for hydroxylation is 1. The van der Waals surface area contributed by atoms with Crippen LogP contribution in [0.15, 0.2) is 80.6 Å². The largest absolute Gasteiger partial charge is 0.308 e. The van der Waals surface area contributed by atoms with Crippen LogP contribution in [0.3, 0.4) is 0 Å². The summed E-state index contributed by atoms with van der Waals surface area (Å²) in [5.41, 5.74) is 3.69. The van der Waals surface area contributed by atoms with Crippen molar-refractivity contribution >= 4 is 53.5 Å². The molecule has 1 aliphatic rings. The minimum atomic E-state index is -3.89. The molecule has 172 valence electrons. The molecule has 8 heteroatoms. The summed E-state index contributed by atoms with van der Waals surface area (Å²) in [7, 11) is -3.89. The van der Waals surface area contributed by atoms with Crippen molar-refractivity contribution in [1.29, 1.82) is 0 Å². The minimum absolute atomic E-state index is 0.0431. The van der Waals surface area contributed by atoms with E-state index in [2.05, 4.69) is 31.9 Å². The van der Waals surface area contributed by atoms with Crippen LogP contribution in [0, 0.1) is 6.92 Å². The Labute approximate surface area is 211 Å². The first-order valence-corrected chi connectivity index (χ1v) is 13.6. The molecule has 0 radical (unpaired) electrons. The lowest BCUT2D eigenvalue weighted by Gasteiger charge is -2.27. The van der Waals surface area contributed by atoms with Gasteiger partial charge in [0.25, 0.3) is 0 Å². The van der Waals surface area contributed by atoms with Gasteiger partial charge in [0.1, 0.15) is 0 Å². The summed E-state index contributed by atoms with van der Waals surface area (Å²) < 4.78 is 30.3. The number of hydrogen-bond donors (Lipinski definition) is 0. The van der Waals surface area contributed by atoms with E-state index in [9.17, 15) is 13.2 Å². The monoisotopic (exact) mass is 590 g/mol. The number of rotatable bonds is 6. The van der Waals surface area contributed by atoms with Gasteiger partial charge in [-0.3, -0.25) is 4.79 Å². The maximum atomic E-state index is 13.6. The molecule has 4 rings (SSSR count). The number of carbonyl (C=O) groups excluding carboxylic acids is 1. The van der Waals surface area contributed by atoms with Gasteiger partial charge in [0.2, 0.25) is 15.9 Å². The minimum Gasteiger partial charge on any atom is -0.308 e. The SMILES string of the molecule is Cc1ccc(S(=O)(=O)N(CC(=O)N2c3ccc(Br)cc3C[C@@H]2C)Cc2ccc(Br)cc2)cc1. The van der Waals surface area contributed by atoms with Crippen molar-refractivity contribution in [3.8, 4) is 0 Å². The molecule has 0 bridgehead atoms. The molecule has 0 fully saturated rings. The lowest BCUT2D eigenvalue weighted by molar-refractivity contribution is -0.119. The number of sulfonamides is 1. The highest BCUT2D eigenvalue weighted by Gasteiger charge is 2.34. The highest BCUT2D eigenvalue weighted by Crippen LogP contribution is 2.34. The maximum Gasteiger partial charge on any atom is 0.243 e. The third kappa shape index (κ3) is 5.24. The van der Waals surface area contributed by atoms with Crippen molar-refractivity contribution in [1.82, 2.24) is 4.31 Å². The first-order chi connectivity index (χ1) is 15.6. The van der Waals surface area contributed by atoms with E-state index in [1.807, 2.05) is 56.3 Å². The van der Waals surface area contributed by atoms with Gasteiger partial charge in [-0.25, -0.2) is 8.42 Å². The molecule has 1 heterocycles. The number of benzene rings is 3. The molecule has 3 aromatic carbocycles. The van der Waals surface area contributed by atoms with Crippen molar-refractivity contribution in [2.75, 3.05) is 11.4 Å². The van der Waals surface area contributed by atoms with Crippen LogP contribution in [-0.2, 0) is 27.8 Å². The summed E-state index contributed by atoms with van der Waals surface area (Å²) in [4.78, 5) is 15.4. The summed E-state index contributed by atoms with van der Waals surface area (Å²) in [6, 6.07) is 20.0. The second-order valence-electron chi connectivity index (χ2n) is 8.30. The average molecular weight is 592 g/mol. The molecule has 0 saturated heterocycles. The van der Waals surface area contributed by atoms with Crippen molar-refractivity contribution in [3.63, 3.8) is 0 Å². The Bertz CT molecular complexity index is 1280. The van der Waals surface area contributed by atoms with Crippen molar-refractivity contribution in [3.05, 3.63) is 92.4 Å². The van der Waals surface area contributed by atoms with Gasteiger partial charge in [0.05, 0.1) is 11.4 Å². The van der Waals surface area contributed by atoms with Crippen LogP contribution < -0.4 is 4.90 Å². The number of amides is 1. The molecular formula is C25H24Br2N2O3S. The third-order valence-corrected chi connectivity index (χ3v) is 8.60. The lowest BCUT2D eigenvalue weighted by Crippen LogP contribution is -2.44. The molecule has 3 aromatic rings. The molecule has 0 saturated carbocycles. The van der Waals surface area contributed by atoms with Crippen LogP contribution in [0.1, 0.15) is 23.6 Å². The van der Waals surface area contributed by atoms with Gasteiger partial charge in [0, 0.05) is 27.2 Å². The molecule has 1 amide bonds. The second kappa shape index (κ2) is 9.70.